The maximum absolute atomic E-state index is 14.7. The fourth-order valence-electron chi connectivity index (χ4n) is 4.35. The van der Waals surface area contributed by atoms with Crippen molar-refractivity contribution in [1.29, 1.82) is 5.26 Å². The van der Waals surface area contributed by atoms with Crippen LogP contribution in [0, 0.1) is 23.0 Å². The summed E-state index contributed by atoms with van der Waals surface area (Å²) in [5.74, 6) is -3.53. The molecule has 0 unspecified atom stereocenters. The molecule has 0 aliphatic carbocycles. The van der Waals surface area contributed by atoms with E-state index in [9.17, 15) is 28.4 Å². The highest BCUT2D eigenvalue weighted by molar-refractivity contribution is 6.88. The van der Waals surface area contributed by atoms with Gasteiger partial charge in [0, 0.05) is 30.3 Å². The second-order valence-corrected chi connectivity index (χ2v) is 14.6. The number of amides is 2. The molecule has 0 spiro atoms. The van der Waals surface area contributed by atoms with Gasteiger partial charge in [-0.2, -0.15) is 5.26 Å². The van der Waals surface area contributed by atoms with Gasteiger partial charge in [0.2, 0.25) is 5.91 Å². The van der Waals surface area contributed by atoms with E-state index in [1.54, 1.807) is 18.2 Å². The van der Waals surface area contributed by atoms with Crippen LogP contribution in [0.5, 0.6) is 0 Å². The molecule has 1 aliphatic rings. The van der Waals surface area contributed by atoms with Crippen LogP contribution >= 0.6 is 0 Å². The van der Waals surface area contributed by atoms with Gasteiger partial charge in [0.15, 0.2) is 0 Å². The number of carbonyl (C=O) groups is 3. The second kappa shape index (κ2) is 10.4. The fourth-order valence-corrected chi connectivity index (χ4v) is 5.93. The molecule has 2 amide bonds. The normalized spacial score (nSPS) is 15.2. The number of rotatable bonds is 7. The Morgan fingerprint density at radius 2 is 1.80 bits per heavy atom. The summed E-state index contributed by atoms with van der Waals surface area (Å²) in [6.07, 6.45) is 0.289. The first-order valence-electron chi connectivity index (χ1n) is 11.3. The summed E-state index contributed by atoms with van der Waals surface area (Å²) >= 11 is 0. The van der Waals surface area contributed by atoms with Crippen molar-refractivity contribution < 1.29 is 28.3 Å². The third kappa shape index (κ3) is 5.92. The van der Waals surface area contributed by atoms with Crippen LogP contribution in [0.1, 0.15) is 42.0 Å². The molecule has 1 heterocycles. The first-order valence-corrected chi connectivity index (χ1v) is 14.8. The third-order valence-corrected chi connectivity index (χ3v) is 7.89. The molecule has 0 fully saturated rings. The van der Waals surface area contributed by atoms with Crippen molar-refractivity contribution in [2.45, 2.75) is 51.4 Å². The standard InChI is InChI=1S/C25H27F2N3O4Si/c1-35(2,3)24-19(26)12-17(13-20(24)27)29-25(34)23-18-8-7-15(14-28)11-16(18)9-10-30(23)21(31)5-4-6-22(32)33/h7-8,11-13,23H,4-6,9-10H2,1-3H3,(H,29,34)(H,32,33)/t23-/m1/s1. The molecular weight excluding hydrogens is 472 g/mol. The lowest BCUT2D eigenvalue weighted by molar-refractivity contribution is -0.140. The Balaban J connectivity index is 1.94. The summed E-state index contributed by atoms with van der Waals surface area (Å²) in [7, 11) is -2.30. The Bertz CT molecular complexity index is 1200. The van der Waals surface area contributed by atoms with Crippen LogP contribution in [-0.2, 0) is 20.8 Å². The number of carboxylic acid groups (broad SMARTS) is 1. The van der Waals surface area contributed by atoms with Gasteiger partial charge in [-0.3, -0.25) is 14.4 Å². The average Bonchev–Trinajstić information content (AvgIpc) is 2.75. The first-order chi connectivity index (χ1) is 16.4. The molecule has 0 saturated heterocycles. The van der Waals surface area contributed by atoms with Crippen molar-refractivity contribution in [1.82, 2.24) is 4.90 Å². The van der Waals surface area contributed by atoms with Gasteiger partial charge >= 0.3 is 5.97 Å². The minimum absolute atomic E-state index is 0.0396. The van der Waals surface area contributed by atoms with E-state index in [1.807, 2.05) is 25.7 Å². The molecule has 3 rings (SSSR count). The van der Waals surface area contributed by atoms with Crippen LogP contribution in [0.3, 0.4) is 0 Å². The lowest BCUT2D eigenvalue weighted by atomic mass is 9.90. The SMILES string of the molecule is C[Si](C)(C)c1c(F)cc(NC(=O)[C@H]2c3ccc(C#N)cc3CCN2C(=O)CCCC(=O)O)cc1F. The van der Waals surface area contributed by atoms with Crippen molar-refractivity contribution in [2.75, 3.05) is 11.9 Å². The van der Waals surface area contributed by atoms with Gasteiger partial charge in [-0.1, -0.05) is 25.7 Å². The van der Waals surface area contributed by atoms with Crippen molar-refractivity contribution in [2.24, 2.45) is 0 Å². The molecule has 0 bridgehead atoms. The van der Waals surface area contributed by atoms with Crippen molar-refractivity contribution >= 4 is 36.7 Å². The van der Waals surface area contributed by atoms with Crippen LogP contribution in [0.25, 0.3) is 0 Å². The van der Waals surface area contributed by atoms with Gasteiger partial charge in [0.25, 0.3) is 5.91 Å². The maximum atomic E-state index is 14.7. The van der Waals surface area contributed by atoms with Crippen LogP contribution in [-0.4, -0.2) is 42.4 Å². The number of nitrogens with one attached hydrogen (secondary N) is 1. The Morgan fingerprint density at radius 3 is 2.37 bits per heavy atom. The number of carboxylic acids is 1. The lowest BCUT2D eigenvalue weighted by Crippen LogP contribution is -2.45. The molecule has 1 atom stereocenters. The van der Waals surface area contributed by atoms with Gasteiger partial charge in [0.1, 0.15) is 17.7 Å². The lowest BCUT2D eigenvalue weighted by Gasteiger charge is -2.36. The molecule has 0 saturated carbocycles. The minimum Gasteiger partial charge on any atom is -0.481 e. The fraction of sp³-hybridized carbons (Fsp3) is 0.360. The van der Waals surface area contributed by atoms with Crippen molar-refractivity contribution in [3.63, 3.8) is 0 Å². The van der Waals surface area contributed by atoms with Gasteiger partial charge in [-0.25, -0.2) is 8.78 Å². The number of fused-ring (bicyclic) bond motifs is 1. The summed E-state index contributed by atoms with van der Waals surface area (Å²) in [6, 6.07) is 7.91. The number of nitrogens with zero attached hydrogens (tertiary/aromatic N) is 2. The maximum Gasteiger partial charge on any atom is 0.303 e. The highest BCUT2D eigenvalue weighted by Crippen LogP contribution is 2.32. The molecule has 2 aromatic rings. The Kier molecular flexibility index (Phi) is 7.70. The number of aliphatic carboxylic acids is 1. The van der Waals surface area contributed by atoms with Crippen molar-refractivity contribution in [3.05, 3.63) is 58.7 Å². The Labute approximate surface area is 203 Å². The predicted octanol–water partition coefficient (Wildman–Crippen LogP) is 3.70. The number of hydrogen-bond donors (Lipinski definition) is 2. The largest absolute Gasteiger partial charge is 0.481 e. The molecule has 2 aromatic carbocycles. The second-order valence-electron chi connectivity index (χ2n) is 9.57. The molecule has 184 valence electrons. The zero-order chi connectivity index (χ0) is 25.9. The third-order valence-electron chi connectivity index (χ3n) is 5.91. The number of anilines is 1. The summed E-state index contributed by atoms with van der Waals surface area (Å²) < 4.78 is 29.5. The number of hydrogen-bond acceptors (Lipinski definition) is 4. The zero-order valence-corrected chi connectivity index (χ0v) is 20.8. The molecule has 1 aliphatic heterocycles. The smallest absolute Gasteiger partial charge is 0.303 e. The topological polar surface area (TPSA) is 111 Å². The average molecular weight is 500 g/mol. The van der Waals surface area contributed by atoms with Gasteiger partial charge in [-0.05, 0) is 48.2 Å². The minimum atomic E-state index is -2.30. The number of benzene rings is 2. The van der Waals surface area contributed by atoms with E-state index < -0.39 is 43.5 Å². The monoisotopic (exact) mass is 499 g/mol. The molecule has 0 radical (unpaired) electrons. The van der Waals surface area contributed by atoms with E-state index in [0.717, 1.165) is 17.7 Å². The van der Waals surface area contributed by atoms with Crippen LogP contribution in [0.4, 0.5) is 14.5 Å². The van der Waals surface area contributed by atoms with Gasteiger partial charge in [-0.15, -0.1) is 0 Å². The molecule has 7 nitrogen and oxygen atoms in total. The van der Waals surface area contributed by atoms with Crippen LogP contribution < -0.4 is 10.5 Å². The summed E-state index contributed by atoms with van der Waals surface area (Å²) in [4.78, 5) is 38.5. The molecular formula is C25H27F2N3O4Si. The number of nitriles is 1. The van der Waals surface area contributed by atoms with E-state index in [4.69, 9.17) is 5.11 Å². The zero-order valence-electron chi connectivity index (χ0n) is 19.8. The van der Waals surface area contributed by atoms with E-state index in [-0.39, 0.29) is 36.7 Å². The highest BCUT2D eigenvalue weighted by Gasteiger charge is 2.36. The molecule has 35 heavy (non-hydrogen) atoms. The van der Waals surface area contributed by atoms with Crippen molar-refractivity contribution in [3.8, 4) is 6.07 Å². The molecule has 0 aromatic heterocycles. The number of carbonyl (C=O) groups excluding carboxylic acids is 2. The first kappa shape index (κ1) is 26.0. The molecule has 2 N–H and O–H groups in total. The van der Waals surface area contributed by atoms with Crippen LogP contribution in [0.15, 0.2) is 30.3 Å². The molecule has 10 heteroatoms. The number of halogens is 2. The Morgan fingerprint density at radius 1 is 1.14 bits per heavy atom. The van der Waals surface area contributed by atoms with E-state index in [1.165, 1.54) is 4.90 Å². The quantitative estimate of drug-likeness (QED) is 0.565. The van der Waals surface area contributed by atoms with E-state index in [0.29, 0.717) is 17.5 Å². The van der Waals surface area contributed by atoms with Crippen LogP contribution in [0.2, 0.25) is 19.6 Å². The van der Waals surface area contributed by atoms with E-state index in [2.05, 4.69) is 5.32 Å². The van der Waals surface area contributed by atoms with Gasteiger partial charge in [0.05, 0.1) is 19.7 Å². The van der Waals surface area contributed by atoms with E-state index >= 15 is 0 Å². The Hall–Kier alpha value is -3.58. The van der Waals surface area contributed by atoms with Gasteiger partial charge < -0.3 is 15.3 Å². The summed E-state index contributed by atoms with van der Waals surface area (Å²) in [6.45, 7) is 5.63. The highest BCUT2D eigenvalue weighted by atomic mass is 28.3. The summed E-state index contributed by atoms with van der Waals surface area (Å²) in [5.41, 5.74) is 1.59. The predicted molar refractivity (Wildman–Crippen MR) is 129 cm³/mol. The summed E-state index contributed by atoms with van der Waals surface area (Å²) in [5, 5.41) is 20.7.